The van der Waals surface area contributed by atoms with Crippen molar-refractivity contribution < 1.29 is 23.4 Å². The number of fused-ring (bicyclic) bond motifs is 2. The highest BCUT2D eigenvalue weighted by atomic mass is 79.9. The Morgan fingerprint density at radius 2 is 1.78 bits per heavy atom. The van der Waals surface area contributed by atoms with Crippen molar-refractivity contribution >= 4 is 38.7 Å². The SMILES string of the molecule is COc1cc2c(N3CCN(C(=O)OC(C)(C)C)CC3)nc(OCC34CCCN3CCC4)nc2c(F)c1Br. The van der Waals surface area contributed by atoms with Crippen molar-refractivity contribution in [1.82, 2.24) is 19.8 Å². The number of carbonyl (C=O) groups excluding carboxylic acids is 1. The molecule has 0 aliphatic carbocycles. The van der Waals surface area contributed by atoms with E-state index >= 15 is 4.39 Å². The predicted octanol–water partition coefficient (Wildman–Crippen LogP) is 4.60. The van der Waals surface area contributed by atoms with Crippen molar-refractivity contribution in [2.75, 3.05) is 57.9 Å². The molecule has 1 aromatic heterocycles. The standard InChI is InChI=1S/C26H35BrFN5O4/c1-25(2,3)37-24(34)32-13-11-31(12-14-32)22-17-15-18(35-4)19(27)20(28)21(17)29-23(30-22)36-16-26-7-5-9-33(26)10-6-8-26/h15H,5-14,16H2,1-4H3. The van der Waals surface area contributed by atoms with E-state index in [2.05, 4.69) is 25.8 Å². The number of anilines is 1. The molecular weight excluding hydrogens is 545 g/mol. The fourth-order valence-corrected chi connectivity index (χ4v) is 6.15. The third kappa shape index (κ3) is 5.16. The first-order chi connectivity index (χ1) is 17.6. The van der Waals surface area contributed by atoms with Crippen LogP contribution in [0.5, 0.6) is 11.8 Å². The van der Waals surface area contributed by atoms with Gasteiger partial charge in [0.25, 0.3) is 0 Å². The number of nitrogens with zero attached hydrogens (tertiary/aromatic N) is 5. The van der Waals surface area contributed by atoms with Crippen LogP contribution < -0.4 is 14.4 Å². The number of rotatable bonds is 5. The van der Waals surface area contributed by atoms with Crippen molar-refractivity contribution in [1.29, 1.82) is 0 Å². The molecular formula is C26H35BrFN5O4. The second kappa shape index (κ2) is 10.1. The molecule has 0 N–H and O–H groups in total. The molecule has 2 aromatic rings. The molecule has 0 unspecified atom stereocenters. The summed E-state index contributed by atoms with van der Waals surface area (Å²) >= 11 is 3.30. The number of carbonyl (C=O) groups is 1. The summed E-state index contributed by atoms with van der Waals surface area (Å²) in [5.74, 6) is 0.417. The van der Waals surface area contributed by atoms with Gasteiger partial charge in [0, 0.05) is 31.6 Å². The normalized spacial score (nSPS) is 19.8. The van der Waals surface area contributed by atoms with Crippen molar-refractivity contribution in [3.05, 3.63) is 16.4 Å². The lowest BCUT2D eigenvalue weighted by Crippen LogP contribution is -2.50. The molecule has 0 saturated carbocycles. The maximum Gasteiger partial charge on any atom is 0.410 e. The van der Waals surface area contributed by atoms with Crippen LogP contribution in [0, 0.1) is 5.82 Å². The van der Waals surface area contributed by atoms with Crippen LogP contribution >= 0.6 is 15.9 Å². The molecule has 0 bridgehead atoms. The van der Waals surface area contributed by atoms with Crippen LogP contribution in [0.2, 0.25) is 0 Å². The van der Waals surface area contributed by atoms with Crippen molar-refractivity contribution in [2.45, 2.75) is 57.6 Å². The Kier molecular flexibility index (Phi) is 7.12. The smallest absolute Gasteiger partial charge is 0.410 e. The van der Waals surface area contributed by atoms with Gasteiger partial charge in [-0.05, 0) is 81.5 Å². The van der Waals surface area contributed by atoms with Gasteiger partial charge in [0.1, 0.15) is 29.3 Å². The lowest BCUT2D eigenvalue weighted by Gasteiger charge is -2.36. The van der Waals surface area contributed by atoms with Crippen LogP contribution in [0.25, 0.3) is 10.9 Å². The van der Waals surface area contributed by atoms with Crippen LogP contribution in [0.1, 0.15) is 46.5 Å². The molecule has 3 saturated heterocycles. The van der Waals surface area contributed by atoms with Crippen LogP contribution in [0.4, 0.5) is 15.0 Å². The number of hydrogen-bond acceptors (Lipinski definition) is 8. The minimum absolute atomic E-state index is 0.0244. The fraction of sp³-hybridized carbons (Fsp3) is 0.654. The highest BCUT2D eigenvalue weighted by molar-refractivity contribution is 9.10. The Bertz CT molecular complexity index is 1170. The minimum Gasteiger partial charge on any atom is -0.495 e. The van der Waals surface area contributed by atoms with Gasteiger partial charge in [0.15, 0.2) is 5.82 Å². The number of piperazine rings is 1. The molecule has 0 spiro atoms. The molecule has 4 heterocycles. The zero-order valence-electron chi connectivity index (χ0n) is 22.0. The first-order valence-corrected chi connectivity index (χ1v) is 13.7. The topological polar surface area (TPSA) is 80.3 Å². The molecule has 0 radical (unpaired) electrons. The Labute approximate surface area is 225 Å². The van der Waals surface area contributed by atoms with Crippen LogP contribution in [-0.4, -0.2) is 90.0 Å². The van der Waals surface area contributed by atoms with Gasteiger partial charge in [-0.15, -0.1) is 0 Å². The molecule has 9 nitrogen and oxygen atoms in total. The number of aromatic nitrogens is 2. The summed E-state index contributed by atoms with van der Waals surface area (Å²) in [6.07, 6.45) is 4.18. The number of amides is 1. The Hall–Kier alpha value is -2.40. The average Bonchev–Trinajstić information content (AvgIpc) is 3.44. The minimum atomic E-state index is -0.557. The number of benzene rings is 1. The number of halogens is 2. The van der Waals surface area contributed by atoms with Crippen molar-refractivity contribution in [3.63, 3.8) is 0 Å². The highest BCUT2D eigenvalue weighted by Crippen LogP contribution is 2.40. The molecule has 1 aromatic carbocycles. The van der Waals surface area contributed by atoms with Gasteiger partial charge in [-0.1, -0.05) is 0 Å². The fourth-order valence-electron chi connectivity index (χ4n) is 5.69. The summed E-state index contributed by atoms with van der Waals surface area (Å²) in [5.41, 5.74) is -0.357. The summed E-state index contributed by atoms with van der Waals surface area (Å²) in [6, 6.07) is 1.91. The third-order valence-electron chi connectivity index (χ3n) is 7.53. The predicted molar refractivity (Wildman–Crippen MR) is 142 cm³/mol. The van der Waals surface area contributed by atoms with Gasteiger partial charge in [0.05, 0.1) is 17.1 Å². The average molecular weight is 580 g/mol. The van der Waals surface area contributed by atoms with Crippen LogP contribution in [0.3, 0.4) is 0 Å². The van der Waals surface area contributed by atoms with Gasteiger partial charge in [-0.25, -0.2) is 9.18 Å². The third-order valence-corrected chi connectivity index (χ3v) is 8.27. The van der Waals surface area contributed by atoms with Gasteiger partial charge in [-0.2, -0.15) is 9.97 Å². The molecule has 37 heavy (non-hydrogen) atoms. The molecule has 202 valence electrons. The summed E-state index contributed by atoms with van der Waals surface area (Å²) in [6.45, 7) is 10.2. The van der Waals surface area contributed by atoms with Gasteiger partial charge < -0.3 is 24.0 Å². The zero-order valence-corrected chi connectivity index (χ0v) is 23.6. The first kappa shape index (κ1) is 26.2. The first-order valence-electron chi connectivity index (χ1n) is 12.9. The van der Waals surface area contributed by atoms with Crippen molar-refractivity contribution in [2.24, 2.45) is 0 Å². The summed E-state index contributed by atoms with van der Waals surface area (Å²) in [4.78, 5) is 28.1. The molecule has 1 amide bonds. The molecule has 5 rings (SSSR count). The van der Waals surface area contributed by atoms with Gasteiger partial charge in [0.2, 0.25) is 0 Å². The maximum absolute atomic E-state index is 15.5. The maximum atomic E-state index is 15.5. The monoisotopic (exact) mass is 579 g/mol. The van der Waals surface area contributed by atoms with E-state index in [9.17, 15) is 4.79 Å². The van der Waals surface area contributed by atoms with Gasteiger partial charge in [-0.3, -0.25) is 4.90 Å². The number of hydrogen-bond donors (Lipinski definition) is 0. The second-order valence-corrected chi connectivity index (χ2v) is 11.9. The second-order valence-electron chi connectivity index (χ2n) is 11.1. The lowest BCUT2D eigenvalue weighted by atomic mass is 9.95. The largest absolute Gasteiger partial charge is 0.495 e. The summed E-state index contributed by atoms with van der Waals surface area (Å²) in [5, 5.41) is 0.539. The van der Waals surface area contributed by atoms with E-state index in [1.54, 1.807) is 11.0 Å². The van der Waals surface area contributed by atoms with E-state index in [-0.39, 0.29) is 27.6 Å². The molecule has 3 fully saturated rings. The van der Waals surface area contributed by atoms with E-state index in [4.69, 9.17) is 19.2 Å². The lowest BCUT2D eigenvalue weighted by molar-refractivity contribution is 0.0240. The van der Waals surface area contributed by atoms with E-state index in [1.165, 1.54) is 7.11 Å². The summed E-state index contributed by atoms with van der Waals surface area (Å²) in [7, 11) is 1.50. The Morgan fingerprint density at radius 3 is 2.41 bits per heavy atom. The van der Waals surface area contributed by atoms with Crippen LogP contribution in [0.15, 0.2) is 10.5 Å². The highest BCUT2D eigenvalue weighted by Gasteiger charge is 2.45. The Balaban J connectivity index is 1.43. The summed E-state index contributed by atoms with van der Waals surface area (Å²) < 4.78 is 32.8. The molecule has 3 aliphatic rings. The van der Waals surface area contributed by atoms with Gasteiger partial charge >= 0.3 is 12.1 Å². The molecule has 11 heteroatoms. The van der Waals surface area contributed by atoms with E-state index in [0.717, 1.165) is 38.8 Å². The Morgan fingerprint density at radius 1 is 1.11 bits per heavy atom. The van der Waals surface area contributed by atoms with E-state index < -0.39 is 11.4 Å². The number of ether oxygens (including phenoxy) is 3. The van der Waals surface area contributed by atoms with Crippen molar-refractivity contribution in [3.8, 4) is 11.8 Å². The van der Waals surface area contributed by atoms with E-state index in [0.29, 0.717) is 49.7 Å². The van der Waals surface area contributed by atoms with E-state index in [1.807, 2.05) is 25.7 Å². The molecule has 0 atom stereocenters. The number of methoxy groups -OCH3 is 1. The molecule has 3 aliphatic heterocycles. The van der Waals surface area contributed by atoms with Crippen LogP contribution in [-0.2, 0) is 4.74 Å². The quantitative estimate of drug-likeness (QED) is 0.508. The zero-order chi connectivity index (χ0) is 26.4.